The zero-order chi connectivity index (χ0) is 15.6. The highest BCUT2D eigenvalue weighted by Crippen LogP contribution is 2.25. The highest BCUT2D eigenvalue weighted by molar-refractivity contribution is 6.30. The molecule has 0 bridgehead atoms. The van der Waals surface area contributed by atoms with E-state index >= 15 is 0 Å². The Balaban J connectivity index is 2.28. The van der Waals surface area contributed by atoms with Crippen LogP contribution in [0, 0.1) is 10.1 Å². The summed E-state index contributed by atoms with van der Waals surface area (Å²) in [4.78, 5) is 10.6. The molecule has 1 aromatic heterocycles. The summed E-state index contributed by atoms with van der Waals surface area (Å²) in [7, 11) is 0. The van der Waals surface area contributed by atoms with Crippen LogP contribution in [-0.4, -0.2) is 25.5 Å². The Labute approximate surface area is 127 Å². The van der Waals surface area contributed by atoms with Gasteiger partial charge in [-0.3, -0.25) is 10.1 Å². The lowest BCUT2D eigenvalue weighted by molar-refractivity contribution is -0.384. The first-order valence-electron chi connectivity index (χ1n) is 6.37. The molecule has 1 heterocycles. The Bertz CT molecular complexity index is 663. The molecule has 0 saturated carbocycles. The maximum Gasteiger partial charge on any atom is 0.296 e. The van der Waals surface area contributed by atoms with E-state index in [2.05, 4.69) is 15.6 Å². The molecule has 2 rings (SSSR count). The van der Waals surface area contributed by atoms with E-state index in [1.807, 2.05) is 20.8 Å². The van der Waals surface area contributed by atoms with Gasteiger partial charge in [-0.25, -0.2) is 4.68 Å². The minimum atomic E-state index is -0.490. The van der Waals surface area contributed by atoms with Gasteiger partial charge >= 0.3 is 0 Å². The maximum absolute atomic E-state index is 11.1. The molecule has 0 atom stereocenters. The molecule has 21 heavy (non-hydrogen) atoms. The first kappa shape index (κ1) is 15.4. The van der Waals surface area contributed by atoms with E-state index in [1.165, 1.54) is 10.7 Å². The fourth-order valence-corrected chi connectivity index (χ4v) is 1.86. The smallest absolute Gasteiger partial charge is 0.296 e. The molecule has 0 unspecified atom stereocenters. The van der Waals surface area contributed by atoms with Crippen LogP contribution >= 0.6 is 11.6 Å². The molecule has 0 radical (unpaired) electrons. The van der Waals surface area contributed by atoms with Gasteiger partial charge in [-0.05, 0) is 32.9 Å². The summed E-state index contributed by atoms with van der Waals surface area (Å²) in [5, 5.41) is 22.6. The predicted octanol–water partition coefficient (Wildman–Crippen LogP) is 2.72. The fraction of sp³-hybridized carbons (Fsp3) is 0.385. The summed E-state index contributed by atoms with van der Waals surface area (Å²) in [5.74, 6) is 0. The lowest BCUT2D eigenvalue weighted by Gasteiger charge is -2.19. The van der Waals surface area contributed by atoms with Crippen LogP contribution in [0.4, 0.5) is 5.69 Å². The third-order valence-electron chi connectivity index (χ3n) is 2.72. The topological polar surface area (TPSA) is 85.9 Å². The average Bonchev–Trinajstić information content (AvgIpc) is 2.84. The van der Waals surface area contributed by atoms with Crippen LogP contribution in [0.3, 0.4) is 0 Å². The van der Waals surface area contributed by atoms with Gasteiger partial charge in [0.2, 0.25) is 0 Å². The van der Waals surface area contributed by atoms with Gasteiger partial charge < -0.3 is 5.32 Å². The standard InChI is InChI=1S/C13H16ClN5O2/c1-13(2,3)15-7-10-8-18(17-16-10)11-5-4-9(14)6-12(11)19(20)21/h4-6,8,15H,7H2,1-3H3. The Hall–Kier alpha value is -1.99. The van der Waals surface area contributed by atoms with Gasteiger partial charge in [-0.2, -0.15) is 0 Å². The minimum Gasteiger partial charge on any atom is -0.306 e. The quantitative estimate of drug-likeness (QED) is 0.693. The summed E-state index contributed by atoms with van der Waals surface area (Å²) in [6.45, 7) is 6.66. The summed E-state index contributed by atoms with van der Waals surface area (Å²) in [6.07, 6.45) is 1.66. The first-order chi connectivity index (χ1) is 9.76. The van der Waals surface area contributed by atoms with E-state index in [0.29, 0.717) is 22.9 Å². The van der Waals surface area contributed by atoms with Crippen LogP contribution in [0.15, 0.2) is 24.4 Å². The number of nitrogens with zero attached hydrogens (tertiary/aromatic N) is 4. The molecule has 0 amide bonds. The second kappa shape index (κ2) is 5.79. The number of hydrogen-bond acceptors (Lipinski definition) is 5. The van der Waals surface area contributed by atoms with E-state index in [4.69, 9.17) is 11.6 Å². The molecule has 7 nitrogen and oxygen atoms in total. The second-order valence-corrected chi connectivity index (χ2v) is 6.08. The third-order valence-corrected chi connectivity index (χ3v) is 2.96. The fourth-order valence-electron chi connectivity index (χ4n) is 1.69. The highest BCUT2D eigenvalue weighted by Gasteiger charge is 2.18. The largest absolute Gasteiger partial charge is 0.306 e. The predicted molar refractivity (Wildman–Crippen MR) is 79.6 cm³/mol. The second-order valence-electron chi connectivity index (χ2n) is 5.65. The van der Waals surface area contributed by atoms with Crippen molar-refractivity contribution in [2.45, 2.75) is 32.9 Å². The number of aromatic nitrogens is 3. The first-order valence-corrected chi connectivity index (χ1v) is 6.74. The Morgan fingerprint density at radius 2 is 2.14 bits per heavy atom. The number of rotatable bonds is 4. The van der Waals surface area contributed by atoms with E-state index in [0.717, 1.165) is 0 Å². The monoisotopic (exact) mass is 309 g/mol. The summed E-state index contributed by atoms with van der Waals surface area (Å²) < 4.78 is 1.38. The summed E-state index contributed by atoms with van der Waals surface area (Å²) in [6, 6.07) is 4.43. The van der Waals surface area contributed by atoms with E-state index in [-0.39, 0.29) is 11.2 Å². The van der Waals surface area contributed by atoms with Crippen molar-refractivity contribution in [1.82, 2.24) is 20.3 Å². The van der Waals surface area contributed by atoms with Crippen molar-refractivity contribution in [3.63, 3.8) is 0 Å². The molecule has 1 aromatic carbocycles. The van der Waals surface area contributed by atoms with Crippen LogP contribution in [0.2, 0.25) is 5.02 Å². The number of nitrogens with one attached hydrogen (secondary N) is 1. The van der Waals surface area contributed by atoms with Crippen molar-refractivity contribution in [3.05, 3.63) is 45.2 Å². The average molecular weight is 310 g/mol. The van der Waals surface area contributed by atoms with Gasteiger partial charge in [-0.15, -0.1) is 5.10 Å². The normalized spacial score (nSPS) is 11.6. The molecule has 8 heteroatoms. The SMILES string of the molecule is CC(C)(C)NCc1cn(-c2ccc(Cl)cc2[N+](=O)[O-])nn1. The molecule has 0 aliphatic heterocycles. The van der Waals surface area contributed by atoms with Gasteiger partial charge in [0.1, 0.15) is 5.69 Å². The van der Waals surface area contributed by atoms with Crippen LogP contribution in [0.25, 0.3) is 5.69 Å². The van der Waals surface area contributed by atoms with Crippen molar-refractivity contribution in [2.24, 2.45) is 0 Å². The van der Waals surface area contributed by atoms with E-state index < -0.39 is 4.92 Å². The van der Waals surface area contributed by atoms with Gasteiger partial charge in [-0.1, -0.05) is 16.8 Å². The molecule has 0 saturated heterocycles. The lowest BCUT2D eigenvalue weighted by Crippen LogP contribution is -2.35. The van der Waals surface area contributed by atoms with E-state index in [9.17, 15) is 10.1 Å². The van der Waals surface area contributed by atoms with Crippen LogP contribution in [-0.2, 0) is 6.54 Å². The van der Waals surface area contributed by atoms with Gasteiger partial charge in [0.15, 0.2) is 0 Å². The summed E-state index contributed by atoms with van der Waals surface area (Å²) >= 11 is 5.79. The Morgan fingerprint density at radius 1 is 1.43 bits per heavy atom. The maximum atomic E-state index is 11.1. The molecule has 2 aromatic rings. The number of benzene rings is 1. The third kappa shape index (κ3) is 3.99. The van der Waals surface area contributed by atoms with Crippen LogP contribution < -0.4 is 5.32 Å². The van der Waals surface area contributed by atoms with Gasteiger partial charge in [0.05, 0.1) is 16.8 Å². The van der Waals surface area contributed by atoms with Crippen LogP contribution in [0.1, 0.15) is 26.5 Å². The Kier molecular flexibility index (Phi) is 4.24. The summed E-state index contributed by atoms with van der Waals surface area (Å²) in [5.41, 5.74) is 0.881. The molecular formula is C13H16ClN5O2. The van der Waals surface area contributed by atoms with Crippen molar-refractivity contribution < 1.29 is 4.92 Å². The zero-order valence-electron chi connectivity index (χ0n) is 12.0. The minimum absolute atomic E-state index is 0.0456. The number of hydrogen-bond donors (Lipinski definition) is 1. The molecule has 0 spiro atoms. The van der Waals surface area contributed by atoms with Gasteiger partial charge in [0.25, 0.3) is 5.69 Å². The van der Waals surface area contributed by atoms with Gasteiger partial charge in [0, 0.05) is 23.2 Å². The number of nitro groups is 1. The molecule has 112 valence electrons. The highest BCUT2D eigenvalue weighted by atomic mass is 35.5. The van der Waals surface area contributed by atoms with Crippen molar-refractivity contribution in [1.29, 1.82) is 0 Å². The molecule has 0 fully saturated rings. The van der Waals surface area contributed by atoms with Crippen molar-refractivity contribution >= 4 is 17.3 Å². The molecular weight excluding hydrogens is 294 g/mol. The van der Waals surface area contributed by atoms with Crippen molar-refractivity contribution in [3.8, 4) is 5.69 Å². The lowest BCUT2D eigenvalue weighted by atomic mass is 10.1. The molecule has 1 N–H and O–H groups in total. The zero-order valence-corrected chi connectivity index (χ0v) is 12.8. The molecule has 0 aliphatic carbocycles. The molecule has 0 aliphatic rings. The Morgan fingerprint density at radius 3 is 2.76 bits per heavy atom. The van der Waals surface area contributed by atoms with Crippen LogP contribution in [0.5, 0.6) is 0 Å². The number of halogens is 1. The van der Waals surface area contributed by atoms with Crippen molar-refractivity contribution in [2.75, 3.05) is 0 Å². The van der Waals surface area contributed by atoms with E-state index in [1.54, 1.807) is 18.3 Å². The number of nitro benzene ring substituents is 1.